The Morgan fingerprint density at radius 1 is 1.37 bits per heavy atom. The Labute approximate surface area is 115 Å². The van der Waals surface area contributed by atoms with Gasteiger partial charge in [-0.05, 0) is 29.5 Å². The van der Waals surface area contributed by atoms with E-state index in [-0.39, 0.29) is 17.3 Å². The van der Waals surface area contributed by atoms with Crippen LogP contribution < -0.4 is 5.32 Å². The van der Waals surface area contributed by atoms with Gasteiger partial charge in [-0.2, -0.15) is 0 Å². The van der Waals surface area contributed by atoms with Crippen molar-refractivity contribution in [1.82, 2.24) is 5.32 Å². The van der Waals surface area contributed by atoms with Gasteiger partial charge in [-0.3, -0.25) is 4.79 Å². The highest BCUT2D eigenvalue weighted by atomic mass is 16.5. The van der Waals surface area contributed by atoms with E-state index in [1.165, 1.54) is 5.56 Å². The number of carbonyl (C=O) groups excluding carboxylic acids is 1. The molecule has 1 saturated heterocycles. The van der Waals surface area contributed by atoms with E-state index >= 15 is 0 Å². The summed E-state index contributed by atoms with van der Waals surface area (Å²) in [5.74, 6) is 0.0933. The van der Waals surface area contributed by atoms with Crippen molar-refractivity contribution in [2.75, 3.05) is 19.7 Å². The summed E-state index contributed by atoms with van der Waals surface area (Å²) in [6.07, 6.45) is -0.345. The minimum atomic E-state index is -0.345. The van der Waals surface area contributed by atoms with Crippen LogP contribution in [0, 0.1) is 6.92 Å². The molecule has 104 valence electrons. The molecule has 1 N–H and O–H groups in total. The summed E-state index contributed by atoms with van der Waals surface area (Å²) in [7, 11) is 0. The van der Waals surface area contributed by atoms with Crippen LogP contribution in [-0.4, -0.2) is 31.6 Å². The van der Waals surface area contributed by atoms with E-state index in [1.54, 1.807) is 0 Å². The highest BCUT2D eigenvalue weighted by Gasteiger charge is 2.25. The van der Waals surface area contributed by atoms with E-state index in [0.29, 0.717) is 13.2 Å². The fourth-order valence-corrected chi connectivity index (χ4v) is 2.26. The first-order valence-corrected chi connectivity index (χ1v) is 6.87. The van der Waals surface area contributed by atoms with Crippen LogP contribution in [0.2, 0.25) is 0 Å². The highest BCUT2D eigenvalue weighted by Crippen LogP contribution is 2.25. The molecule has 1 atom stereocenters. The minimum Gasteiger partial charge on any atom is -0.367 e. The van der Waals surface area contributed by atoms with Crippen LogP contribution in [-0.2, 0) is 10.2 Å². The predicted octanol–water partition coefficient (Wildman–Crippen LogP) is 2.46. The molecule has 1 unspecified atom stereocenters. The molecule has 1 aromatic carbocycles. The van der Waals surface area contributed by atoms with Crippen LogP contribution in [0.25, 0.3) is 0 Å². The smallest absolute Gasteiger partial charge is 0.193 e. The first-order chi connectivity index (χ1) is 8.89. The van der Waals surface area contributed by atoms with Gasteiger partial charge in [-0.25, -0.2) is 0 Å². The predicted molar refractivity (Wildman–Crippen MR) is 76.8 cm³/mol. The maximum Gasteiger partial charge on any atom is 0.193 e. The molecule has 3 nitrogen and oxygen atoms in total. The van der Waals surface area contributed by atoms with E-state index in [0.717, 1.165) is 17.7 Å². The average Bonchev–Trinajstić information content (AvgIpc) is 2.38. The zero-order valence-corrected chi connectivity index (χ0v) is 12.2. The second-order valence-electron chi connectivity index (χ2n) is 6.21. The third-order valence-electron chi connectivity index (χ3n) is 3.59. The number of hydrogen-bond acceptors (Lipinski definition) is 3. The van der Waals surface area contributed by atoms with Crippen molar-refractivity contribution in [3.05, 3.63) is 34.9 Å². The highest BCUT2D eigenvalue weighted by molar-refractivity contribution is 6.01. The first kappa shape index (κ1) is 14.2. The van der Waals surface area contributed by atoms with E-state index < -0.39 is 0 Å². The standard InChI is InChI=1S/C16H23NO2/c1-11-5-6-12(16(2,3)4)9-13(11)15(18)14-10-17-7-8-19-14/h5-6,9,14,17H,7-8,10H2,1-4H3. The second kappa shape index (κ2) is 5.43. The fraction of sp³-hybridized carbons (Fsp3) is 0.562. The number of ketones is 1. The second-order valence-corrected chi connectivity index (χ2v) is 6.21. The van der Waals surface area contributed by atoms with E-state index in [2.05, 4.69) is 32.2 Å². The van der Waals surface area contributed by atoms with Crippen LogP contribution in [0.5, 0.6) is 0 Å². The minimum absolute atomic E-state index is 0.0500. The van der Waals surface area contributed by atoms with Crippen molar-refractivity contribution in [1.29, 1.82) is 0 Å². The lowest BCUT2D eigenvalue weighted by Crippen LogP contribution is -2.43. The van der Waals surface area contributed by atoms with Gasteiger partial charge in [0.05, 0.1) is 6.61 Å². The van der Waals surface area contributed by atoms with Gasteiger partial charge in [0, 0.05) is 18.7 Å². The average molecular weight is 261 g/mol. The molecule has 19 heavy (non-hydrogen) atoms. The molecule has 1 fully saturated rings. The van der Waals surface area contributed by atoms with Gasteiger partial charge in [-0.1, -0.05) is 32.9 Å². The maximum absolute atomic E-state index is 12.5. The molecule has 0 radical (unpaired) electrons. The molecule has 1 aliphatic rings. The Morgan fingerprint density at radius 2 is 2.11 bits per heavy atom. The number of benzene rings is 1. The zero-order chi connectivity index (χ0) is 14.0. The topological polar surface area (TPSA) is 38.3 Å². The van der Waals surface area contributed by atoms with Crippen LogP contribution in [0.3, 0.4) is 0 Å². The third-order valence-corrected chi connectivity index (χ3v) is 3.59. The number of morpholine rings is 1. The molecular formula is C16H23NO2. The SMILES string of the molecule is Cc1ccc(C(C)(C)C)cc1C(=O)C1CNCCO1. The monoisotopic (exact) mass is 261 g/mol. The molecule has 2 rings (SSSR count). The lowest BCUT2D eigenvalue weighted by molar-refractivity contribution is 0.0269. The molecular weight excluding hydrogens is 238 g/mol. The van der Waals surface area contributed by atoms with E-state index in [4.69, 9.17) is 4.74 Å². The largest absolute Gasteiger partial charge is 0.367 e. The van der Waals surface area contributed by atoms with Gasteiger partial charge < -0.3 is 10.1 Å². The summed E-state index contributed by atoms with van der Waals surface area (Å²) in [6, 6.07) is 6.16. The Balaban J connectivity index is 2.30. The number of aryl methyl sites for hydroxylation is 1. The number of ether oxygens (including phenoxy) is 1. The van der Waals surface area contributed by atoms with Crippen LogP contribution in [0.4, 0.5) is 0 Å². The number of nitrogens with one attached hydrogen (secondary N) is 1. The molecule has 1 heterocycles. The number of Topliss-reactive ketones (excluding diaryl/α,β-unsaturated/α-hetero) is 1. The van der Waals surface area contributed by atoms with Gasteiger partial charge in [0.25, 0.3) is 0 Å². The summed E-state index contributed by atoms with van der Waals surface area (Å²) in [4.78, 5) is 12.5. The third kappa shape index (κ3) is 3.23. The molecule has 0 aromatic heterocycles. The van der Waals surface area contributed by atoms with Crippen LogP contribution in [0.15, 0.2) is 18.2 Å². The molecule has 0 bridgehead atoms. The van der Waals surface area contributed by atoms with E-state index in [1.807, 2.05) is 19.1 Å². The van der Waals surface area contributed by atoms with E-state index in [9.17, 15) is 4.79 Å². The van der Waals surface area contributed by atoms with Crippen LogP contribution >= 0.6 is 0 Å². The van der Waals surface area contributed by atoms with Gasteiger partial charge >= 0.3 is 0 Å². The van der Waals surface area contributed by atoms with Crippen molar-refractivity contribution in [2.45, 2.75) is 39.2 Å². The van der Waals surface area contributed by atoms with Crippen LogP contribution in [0.1, 0.15) is 42.3 Å². The quantitative estimate of drug-likeness (QED) is 0.831. The summed E-state index contributed by atoms with van der Waals surface area (Å²) in [6.45, 7) is 10.5. The summed E-state index contributed by atoms with van der Waals surface area (Å²) in [5.41, 5.74) is 3.05. The first-order valence-electron chi connectivity index (χ1n) is 6.87. The number of carbonyl (C=O) groups is 1. The molecule has 1 aromatic rings. The zero-order valence-electron chi connectivity index (χ0n) is 12.2. The molecule has 0 amide bonds. The summed E-state index contributed by atoms with van der Waals surface area (Å²) in [5, 5.41) is 3.20. The lowest BCUT2D eigenvalue weighted by atomic mass is 9.84. The van der Waals surface area contributed by atoms with Gasteiger partial charge in [-0.15, -0.1) is 0 Å². The van der Waals surface area contributed by atoms with Crippen molar-refractivity contribution in [3.8, 4) is 0 Å². The van der Waals surface area contributed by atoms with Crippen molar-refractivity contribution < 1.29 is 9.53 Å². The molecule has 0 aliphatic carbocycles. The number of rotatable bonds is 2. The normalized spacial score (nSPS) is 20.3. The van der Waals surface area contributed by atoms with Gasteiger partial charge in [0.15, 0.2) is 5.78 Å². The molecule has 3 heteroatoms. The van der Waals surface area contributed by atoms with Crippen molar-refractivity contribution >= 4 is 5.78 Å². The Kier molecular flexibility index (Phi) is 4.07. The lowest BCUT2D eigenvalue weighted by Gasteiger charge is -2.25. The Morgan fingerprint density at radius 3 is 2.68 bits per heavy atom. The molecule has 1 aliphatic heterocycles. The fourth-order valence-electron chi connectivity index (χ4n) is 2.26. The van der Waals surface area contributed by atoms with Crippen molar-refractivity contribution in [3.63, 3.8) is 0 Å². The molecule has 0 spiro atoms. The maximum atomic E-state index is 12.5. The number of hydrogen-bond donors (Lipinski definition) is 1. The van der Waals surface area contributed by atoms with Gasteiger partial charge in [0.1, 0.15) is 6.10 Å². The summed E-state index contributed by atoms with van der Waals surface area (Å²) >= 11 is 0. The molecule has 0 saturated carbocycles. The Hall–Kier alpha value is -1.19. The van der Waals surface area contributed by atoms with Crippen molar-refractivity contribution in [2.24, 2.45) is 0 Å². The summed E-state index contributed by atoms with van der Waals surface area (Å²) < 4.78 is 5.56. The Bertz CT molecular complexity index is 468. The van der Waals surface area contributed by atoms with Gasteiger partial charge in [0.2, 0.25) is 0 Å².